The minimum atomic E-state index is -1.53. The summed E-state index contributed by atoms with van der Waals surface area (Å²) in [5, 5.41) is 0. The van der Waals surface area contributed by atoms with Gasteiger partial charge < -0.3 is 13.3 Å². The highest BCUT2D eigenvalue weighted by Crippen LogP contribution is 2.15. The average Bonchev–Trinajstić information content (AvgIpc) is 2.18. The number of rotatable bonds is 8. The number of allylic oxidation sites excluding steroid dienone is 4. The number of carbonyl (C=O) groups is 1. The van der Waals surface area contributed by atoms with Crippen LogP contribution < -0.4 is 0 Å². The summed E-state index contributed by atoms with van der Waals surface area (Å²) in [6.45, 7) is 28.3. The van der Waals surface area contributed by atoms with E-state index in [1.54, 1.807) is 0 Å². The molecule has 0 heterocycles. The lowest BCUT2D eigenvalue weighted by molar-refractivity contribution is -0.112. The third kappa shape index (κ3) is 22.9. The predicted octanol–water partition coefficient (Wildman–Crippen LogP) is 6.44. The van der Waals surface area contributed by atoms with Crippen molar-refractivity contribution >= 4 is 30.7 Å². The molecule has 152 valence electrons. The molecule has 0 unspecified atom stereocenters. The van der Waals surface area contributed by atoms with Crippen molar-refractivity contribution < 1.29 is 18.1 Å². The Labute approximate surface area is 164 Å². The highest BCUT2D eigenvalue weighted by molar-refractivity contribution is 6.70. The van der Waals surface area contributed by atoms with Crippen LogP contribution in [0.15, 0.2) is 36.0 Å². The summed E-state index contributed by atoms with van der Waals surface area (Å²) < 4.78 is 17.1. The Morgan fingerprint density at radius 3 is 1.23 bits per heavy atom. The molecule has 0 radical (unpaired) electrons. The first kappa shape index (κ1) is 27.2. The molecule has 0 bridgehead atoms. The molecule has 0 aliphatic rings. The van der Waals surface area contributed by atoms with Crippen molar-refractivity contribution in [1.29, 1.82) is 0 Å². The van der Waals surface area contributed by atoms with Crippen LogP contribution >= 0.6 is 0 Å². The van der Waals surface area contributed by atoms with E-state index >= 15 is 0 Å². The third-order valence-electron chi connectivity index (χ3n) is 2.14. The van der Waals surface area contributed by atoms with Gasteiger partial charge in [0.15, 0.2) is 5.78 Å². The molecule has 0 aromatic heterocycles. The molecule has 0 aromatic carbocycles. The normalized spacial score (nSPS) is 13.4. The van der Waals surface area contributed by atoms with Gasteiger partial charge in [0, 0.05) is 12.2 Å². The Hall–Kier alpha value is -1.06. The molecule has 0 aliphatic carbocycles. The molecule has 0 amide bonds. The topological polar surface area (TPSA) is 44.8 Å². The van der Waals surface area contributed by atoms with Gasteiger partial charge in [-0.3, -0.25) is 4.79 Å². The van der Waals surface area contributed by atoms with E-state index in [0.29, 0.717) is 5.76 Å². The summed E-state index contributed by atoms with van der Waals surface area (Å²) >= 11 is 0. The van der Waals surface area contributed by atoms with Gasteiger partial charge >= 0.3 is 0 Å². The van der Waals surface area contributed by atoms with Crippen LogP contribution in [0.25, 0.3) is 0 Å². The van der Waals surface area contributed by atoms with E-state index in [9.17, 15) is 4.79 Å². The Kier molecular flexibility index (Phi) is 11.4. The van der Waals surface area contributed by atoms with Crippen molar-refractivity contribution in [2.24, 2.45) is 0 Å². The largest absolute Gasteiger partial charge is 0.547 e. The lowest BCUT2D eigenvalue weighted by Gasteiger charge is -2.22. The lowest BCUT2D eigenvalue weighted by Crippen LogP contribution is -2.25. The Morgan fingerprint density at radius 1 is 0.654 bits per heavy atom. The van der Waals surface area contributed by atoms with Crippen molar-refractivity contribution in [2.75, 3.05) is 0 Å². The average molecular weight is 417 g/mol. The smallest absolute Gasteiger partial charge is 0.242 e. The van der Waals surface area contributed by atoms with E-state index in [2.05, 4.69) is 65.5 Å². The Bertz CT molecular complexity index is 530. The molecule has 0 aliphatic heterocycles. The molecular weight excluding hydrogens is 376 g/mol. The minimum absolute atomic E-state index is 0.0424. The van der Waals surface area contributed by atoms with Crippen LogP contribution in [-0.2, 0) is 18.1 Å². The van der Waals surface area contributed by atoms with Crippen LogP contribution in [-0.4, -0.2) is 30.7 Å². The fourth-order valence-corrected chi connectivity index (χ4v) is 4.86. The second-order valence-electron chi connectivity index (χ2n) is 9.23. The molecule has 0 N–H and O–H groups in total. The van der Waals surface area contributed by atoms with Crippen molar-refractivity contribution in [2.45, 2.75) is 79.7 Å². The maximum Gasteiger partial charge on any atom is 0.242 e. The molecule has 7 heteroatoms. The Morgan fingerprint density at radius 2 is 0.962 bits per heavy atom. The summed E-state index contributed by atoms with van der Waals surface area (Å²) in [7, 11) is -4.54. The summed E-state index contributed by atoms with van der Waals surface area (Å²) in [5.74, 6) is 2.39. The predicted molar refractivity (Wildman–Crippen MR) is 121 cm³/mol. The van der Waals surface area contributed by atoms with Crippen LogP contribution in [0.5, 0.6) is 0 Å². The van der Waals surface area contributed by atoms with Gasteiger partial charge in [-0.2, -0.15) is 0 Å². The van der Waals surface area contributed by atoms with Crippen LogP contribution in [0.2, 0.25) is 58.9 Å². The third-order valence-corrected chi connectivity index (χ3v) is 4.89. The van der Waals surface area contributed by atoms with Gasteiger partial charge in [0.25, 0.3) is 0 Å². The first-order chi connectivity index (χ1) is 11.3. The van der Waals surface area contributed by atoms with Crippen molar-refractivity contribution in [1.82, 2.24) is 0 Å². The molecule has 0 aromatic rings. The van der Waals surface area contributed by atoms with E-state index in [-0.39, 0.29) is 5.78 Å². The molecule has 0 saturated heterocycles. The number of hydrogen-bond donors (Lipinski definition) is 0. The minimum Gasteiger partial charge on any atom is -0.547 e. The second-order valence-corrected chi connectivity index (χ2v) is 22.5. The maximum absolute atomic E-state index is 10.6. The molecular formula is C19H40O4Si3. The zero-order valence-electron chi connectivity index (χ0n) is 19.0. The fraction of sp³-hybridized carbons (Fsp3) is 0.632. The fourth-order valence-electron chi connectivity index (χ4n) is 1.96. The zero-order valence-corrected chi connectivity index (χ0v) is 22.0. The van der Waals surface area contributed by atoms with Gasteiger partial charge in [-0.05, 0) is 79.7 Å². The van der Waals surface area contributed by atoms with E-state index in [1.807, 2.05) is 19.9 Å². The van der Waals surface area contributed by atoms with Crippen LogP contribution in [0.3, 0.4) is 0 Å². The van der Waals surface area contributed by atoms with Gasteiger partial charge in [0.1, 0.15) is 0 Å². The summed E-state index contributed by atoms with van der Waals surface area (Å²) in [5.41, 5.74) is 0. The molecule has 0 spiro atoms. The molecule has 4 nitrogen and oxygen atoms in total. The Balaban J connectivity index is 0. The van der Waals surface area contributed by atoms with Gasteiger partial charge in [0.05, 0.1) is 17.3 Å². The number of hydrogen-bond acceptors (Lipinski definition) is 4. The van der Waals surface area contributed by atoms with Crippen LogP contribution in [0.1, 0.15) is 20.8 Å². The molecule has 26 heavy (non-hydrogen) atoms. The van der Waals surface area contributed by atoms with Gasteiger partial charge in [-0.1, -0.05) is 6.58 Å². The quantitative estimate of drug-likeness (QED) is 0.198. The summed E-state index contributed by atoms with van der Waals surface area (Å²) in [6, 6.07) is 0. The van der Waals surface area contributed by atoms with E-state index < -0.39 is 25.0 Å². The number of ketones is 1. The first-order valence-corrected chi connectivity index (χ1v) is 19.2. The highest BCUT2D eigenvalue weighted by Gasteiger charge is 2.18. The van der Waals surface area contributed by atoms with E-state index in [1.165, 1.54) is 13.0 Å². The lowest BCUT2D eigenvalue weighted by atomic mass is 10.4. The van der Waals surface area contributed by atoms with Crippen LogP contribution in [0, 0.1) is 0 Å². The van der Waals surface area contributed by atoms with Crippen molar-refractivity contribution in [3.8, 4) is 0 Å². The number of carbonyl (C=O) groups excluding carboxylic acids is 1. The molecule has 0 rings (SSSR count). The van der Waals surface area contributed by atoms with Crippen molar-refractivity contribution in [3.63, 3.8) is 0 Å². The van der Waals surface area contributed by atoms with Crippen LogP contribution in [0.4, 0.5) is 0 Å². The highest BCUT2D eigenvalue weighted by atomic mass is 28.4. The second kappa shape index (κ2) is 10.9. The monoisotopic (exact) mass is 416 g/mol. The van der Waals surface area contributed by atoms with Gasteiger partial charge in [-0.15, -0.1) is 0 Å². The van der Waals surface area contributed by atoms with Gasteiger partial charge in [0.2, 0.25) is 25.0 Å². The van der Waals surface area contributed by atoms with E-state index in [0.717, 1.165) is 11.5 Å². The van der Waals surface area contributed by atoms with Crippen molar-refractivity contribution in [3.05, 3.63) is 36.0 Å². The maximum atomic E-state index is 10.6. The zero-order chi connectivity index (χ0) is 21.3. The van der Waals surface area contributed by atoms with E-state index in [4.69, 9.17) is 13.3 Å². The molecule has 0 saturated carbocycles. The SMILES string of the molecule is C=C(/C=C(/C)O[Si](C)(C)C)O[Si](C)(C)C.CC(=O)/C=C(/C)O[Si](C)(C)C. The molecule has 0 fully saturated rings. The summed E-state index contributed by atoms with van der Waals surface area (Å²) in [4.78, 5) is 10.6. The first-order valence-electron chi connectivity index (χ1n) is 8.94. The standard InChI is InChI=1S/C11H24O2Si2.C8H16O2Si/c1-10(12-14(3,4)5)9-11(2)13-15(6,7)8;1-7(9)6-8(2)10-11(3,4)5/h9H,1H2,2-8H3;6H,1-5H3/b11-9-;8-6-. The molecule has 0 atom stereocenters. The summed E-state index contributed by atoms with van der Waals surface area (Å²) in [6.07, 6.45) is 3.41. The van der Waals surface area contributed by atoms with Gasteiger partial charge in [-0.25, -0.2) is 0 Å².